The lowest BCUT2D eigenvalue weighted by Gasteiger charge is -2.07. The van der Waals surface area contributed by atoms with Crippen LogP contribution in [0, 0.1) is 0 Å². The molecular formula is C17H17NO4. The SMILES string of the molecule is O=C(O)COc1cccc(CC(=O)NCc2ccccc2)c1. The van der Waals surface area contributed by atoms with Gasteiger partial charge in [0.15, 0.2) is 6.61 Å². The number of carboxylic acid groups (broad SMARTS) is 1. The fourth-order valence-electron chi connectivity index (χ4n) is 1.93. The Morgan fingerprint density at radius 3 is 2.45 bits per heavy atom. The first-order chi connectivity index (χ1) is 10.6. The molecule has 0 aliphatic rings. The van der Waals surface area contributed by atoms with E-state index in [0.29, 0.717) is 12.3 Å². The molecule has 0 radical (unpaired) electrons. The number of ether oxygens (including phenoxy) is 1. The Morgan fingerprint density at radius 2 is 1.73 bits per heavy atom. The molecular weight excluding hydrogens is 282 g/mol. The molecule has 5 nitrogen and oxygen atoms in total. The smallest absolute Gasteiger partial charge is 0.341 e. The summed E-state index contributed by atoms with van der Waals surface area (Å²) in [7, 11) is 0. The van der Waals surface area contributed by atoms with Crippen LogP contribution in [0.5, 0.6) is 5.75 Å². The highest BCUT2D eigenvalue weighted by Crippen LogP contribution is 2.13. The third kappa shape index (κ3) is 5.28. The molecule has 22 heavy (non-hydrogen) atoms. The monoisotopic (exact) mass is 299 g/mol. The van der Waals surface area contributed by atoms with Crippen molar-refractivity contribution in [3.05, 3.63) is 65.7 Å². The molecule has 2 aromatic rings. The molecule has 0 fully saturated rings. The van der Waals surface area contributed by atoms with Gasteiger partial charge in [-0.15, -0.1) is 0 Å². The van der Waals surface area contributed by atoms with Gasteiger partial charge in [-0.05, 0) is 23.3 Å². The number of carboxylic acids is 1. The quantitative estimate of drug-likeness (QED) is 0.820. The van der Waals surface area contributed by atoms with Crippen molar-refractivity contribution in [2.24, 2.45) is 0 Å². The van der Waals surface area contributed by atoms with Crippen LogP contribution >= 0.6 is 0 Å². The Kier molecular flexibility index (Phi) is 5.54. The van der Waals surface area contributed by atoms with Crippen molar-refractivity contribution in [2.75, 3.05) is 6.61 Å². The number of aliphatic carboxylic acids is 1. The molecule has 0 aliphatic carbocycles. The zero-order valence-electron chi connectivity index (χ0n) is 12.0. The van der Waals surface area contributed by atoms with Crippen LogP contribution in [-0.4, -0.2) is 23.6 Å². The van der Waals surface area contributed by atoms with E-state index in [2.05, 4.69) is 5.32 Å². The summed E-state index contributed by atoms with van der Waals surface area (Å²) in [6.45, 7) is 0.0819. The number of benzene rings is 2. The van der Waals surface area contributed by atoms with Crippen molar-refractivity contribution in [1.82, 2.24) is 5.32 Å². The van der Waals surface area contributed by atoms with Gasteiger partial charge in [-0.25, -0.2) is 4.79 Å². The van der Waals surface area contributed by atoms with Crippen LogP contribution < -0.4 is 10.1 Å². The van der Waals surface area contributed by atoms with E-state index in [-0.39, 0.29) is 12.3 Å². The maximum absolute atomic E-state index is 11.9. The number of nitrogens with one attached hydrogen (secondary N) is 1. The highest BCUT2D eigenvalue weighted by molar-refractivity contribution is 5.78. The zero-order valence-corrected chi connectivity index (χ0v) is 12.0. The molecule has 0 aromatic heterocycles. The lowest BCUT2D eigenvalue weighted by Crippen LogP contribution is -2.24. The normalized spacial score (nSPS) is 10.0. The molecule has 0 saturated carbocycles. The van der Waals surface area contributed by atoms with E-state index in [9.17, 15) is 9.59 Å². The summed E-state index contributed by atoms with van der Waals surface area (Å²) in [5.41, 5.74) is 1.81. The predicted molar refractivity (Wildman–Crippen MR) is 81.6 cm³/mol. The second-order valence-corrected chi connectivity index (χ2v) is 4.77. The average molecular weight is 299 g/mol. The maximum atomic E-state index is 11.9. The Morgan fingerprint density at radius 1 is 1.00 bits per heavy atom. The molecule has 0 bridgehead atoms. The summed E-state index contributed by atoms with van der Waals surface area (Å²) < 4.78 is 5.09. The molecule has 2 N–H and O–H groups in total. The summed E-state index contributed by atoms with van der Waals surface area (Å²) in [6, 6.07) is 16.5. The van der Waals surface area contributed by atoms with Crippen molar-refractivity contribution < 1.29 is 19.4 Å². The number of hydrogen-bond donors (Lipinski definition) is 2. The van der Waals surface area contributed by atoms with Gasteiger partial charge in [-0.3, -0.25) is 4.79 Å². The van der Waals surface area contributed by atoms with E-state index in [1.165, 1.54) is 0 Å². The van der Waals surface area contributed by atoms with Crippen LogP contribution in [0.1, 0.15) is 11.1 Å². The minimum absolute atomic E-state index is 0.0979. The van der Waals surface area contributed by atoms with Crippen LogP contribution in [0.25, 0.3) is 0 Å². The summed E-state index contributed by atoms with van der Waals surface area (Å²) >= 11 is 0. The molecule has 0 heterocycles. The lowest BCUT2D eigenvalue weighted by molar-refractivity contribution is -0.139. The van der Waals surface area contributed by atoms with Crippen molar-refractivity contribution >= 4 is 11.9 Å². The van der Waals surface area contributed by atoms with E-state index < -0.39 is 12.6 Å². The Hall–Kier alpha value is -2.82. The van der Waals surface area contributed by atoms with Crippen molar-refractivity contribution in [1.29, 1.82) is 0 Å². The third-order valence-electron chi connectivity index (χ3n) is 2.96. The Bertz CT molecular complexity index is 640. The molecule has 114 valence electrons. The number of carbonyl (C=O) groups excluding carboxylic acids is 1. The molecule has 2 aromatic carbocycles. The predicted octanol–water partition coefficient (Wildman–Crippen LogP) is 2.01. The molecule has 2 rings (SSSR count). The minimum Gasteiger partial charge on any atom is -0.482 e. The molecule has 0 atom stereocenters. The van der Waals surface area contributed by atoms with E-state index in [0.717, 1.165) is 11.1 Å². The highest BCUT2D eigenvalue weighted by atomic mass is 16.5. The number of hydrogen-bond acceptors (Lipinski definition) is 3. The van der Waals surface area contributed by atoms with Crippen LogP contribution in [-0.2, 0) is 22.6 Å². The second kappa shape index (κ2) is 7.83. The van der Waals surface area contributed by atoms with Gasteiger partial charge in [-0.2, -0.15) is 0 Å². The molecule has 0 saturated heterocycles. The van der Waals surface area contributed by atoms with Crippen LogP contribution in [0.3, 0.4) is 0 Å². The first-order valence-electron chi connectivity index (χ1n) is 6.87. The summed E-state index contributed by atoms with van der Waals surface area (Å²) in [5.74, 6) is -0.694. The van der Waals surface area contributed by atoms with Gasteiger partial charge in [0.25, 0.3) is 0 Å². The van der Waals surface area contributed by atoms with Crippen LogP contribution in [0.4, 0.5) is 0 Å². The summed E-state index contributed by atoms with van der Waals surface area (Å²) in [6.07, 6.45) is 0.219. The van der Waals surface area contributed by atoms with E-state index in [1.807, 2.05) is 30.3 Å². The van der Waals surface area contributed by atoms with Gasteiger partial charge < -0.3 is 15.2 Å². The Labute approximate surface area is 128 Å². The maximum Gasteiger partial charge on any atom is 0.341 e. The first-order valence-corrected chi connectivity index (χ1v) is 6.87. The standard InChI is InChI=1S/C17H17NO4/c19-16(18-11-13-5-2-1-3-6-13)10-14-7-4-8-15(9-14)22-12-17(20)21/h1-9H,10-12H2,(H,18,19)(H,20,21). The van der Waals surface area contributed by atoms with Gasteiger partial charge in [0.05, 0.1) is 6.42 Å². The third-order valence-corrected chi connectivity index (χ3v) is 2.96. The second-order valence-electron chi connectivity index (χ2n) is 4.77. The number of amides is 1. The van der Waals surface area contributed by atoms with E-state index in [1.54, 1.807) is 24.3 Å². The fraction of sp³-hybridized carbons (Fsp3) is 0.176. The Balaban J connectivity index is 1.85. The zero-order chi connectivity index (χ0) is 15.8. The van der Waals surface area contributed by atoms with Crippen molar-refractivity contribution in [3.63, 3.8) is 0 Å². The average Bonchev–Trinajstić information content (AvgIpc) is 2.52. The summed E-state index contributed by atoms with van der Waals surface area (Å²) in [5, 5.41) is 11.4. The highest BCUT2D eigenvalue weighted by Gasteiger charge is 2.05. The van der Waals surface area contributed by atoms with E-state index >= 15 is 0 Å². The van der Waals surface area contributed by atoms with Gasteiger partial charge in [0.1, 0.15) is 5.75 Å². The molecule has 0 unspecified atom stereocenters. The van der Waals surface area contributed by atoms with E-state index in [4.69, 9.17) is 9.84 Å². The molecule has 1 amide bonds. The van der Waals surface area contributed by atoms with Gasteiger partial charge in [0.2, 0.25) is 5.91 Å². The lowest BCUT2D eigenvalue weighted by atomic mass is 10.1. The van der Waals surface area contributed by atoms with Gasteiger partial charge in [0, 0.05) is 6.54 Å². The first kappa shape index (κ1) is 15.6. The fourth-order valence-corrected chi connectivity index (χ4v) is 1.93. The largest absolute Gasteiger partial charge is 0.482 e. The molecule has 0 spiro atoms. The minimum atomic E-state index is -1.04. The van der Waals surface area contributed by atoms with Crippen LogP contribution in [0.15, 0.2) is 54.6 Å². The topological polar surface area (TPSA) is 75.6 Å². The number of carbonyl (C=O) groups is 2. The van der Waals surface area contributed by atoms with Gasteiger partial charge >= 0.3 is 5.97 Å². The molecule has 0 aliphatic heterocycles. The van der Waals surface area contributed by atoms with Gasteiger partial charge in [-0.1, -0.05) is 42.5 Å². The van der Waals surface area contributed by atoms with Crippen molar-refractivity contribution in [3.8, 4) is 5.75 Å². The van der Waals surface area contributed by atoms with Crippen molar-refractivity contribution in [2.45, 2.75) is 13.0 Å². The van der Waals surface area contributed by atoms with Crippen LogP contribution in [0.2, 0.25) is 0 Å². The number of rotatable bonds is 7. The summed E-state index contributed by atoms with van der Waals surface area (Å²) in [4.78, 5) is 22.4. The molecule has 5 heteroatoms.